The fourth-order valence-corrected chi connectivity index (χ4v) is 3.75. The molecule has 1 amide bonds. The Kier molecular flexibility index (Phi) is 4.72. The van der Waals surface area contributed by atoms with Crippen molar-refractivity contribution in [3.05, 3.63) is 59.5 Å². The summed E-state index contributed by atoms with van der Waals surface area (Å²) in [5.74, 6) is 1.23. The molecule has 4 rings (SSSR count). The van der Waals surface area contributed by atoms with Gasteiger partial charge in [0.25, 0.3) is 0 Å². The van der Waals surface area contributed by atoms with Gasteiger partial charge < -0.3 is 9.32 Å². The van der Waals surface area contributed by atoms with E-state index in [1.54, 1.807) is 12.3 Å². The number of hydrogen-bond donors (Lipinski definition) is 0. The SMILES string of the molecule is O=C(C1CC1c1ccco1)N1CCN(Cc2cccc(C(F)(F)F)c2)CC1. The van der Waals surface area contributed by atoms with Gasteiger partial charge in [0.05, 0.1) is 11.8 Å². The highest BCUT2D eigenvalue weighted by Gasteiger charge is 2.47. The topological polar surface area (TPSA) is 36.7 Å². The number of piperazine rings is 1. The number of amides is 1. The van der Waals surface area contributed by atoms with Crippen LogP contribution in [0.15, 0.2) is 47.1 Å². The summed E-state index contributed by atoms with van der Waals surface area (Å²) >= 11 is 0. The van der Waals surface area contributed by atoms with Crippen molar-refractivity contribution in [2.45, 2.75) is 25.1 Å². The first-order chi connectivity index (χ1) is 12.9. The largest absolute Gasteiger partial charge is 0.469 e. The zero-order valence-electron chi connectivity index (χ0n) is 14.8. The molecule has 1 aliphatic carbocycles. The number of carbonyl (C=O) groups excluding carboxylic acids is 1. The summed E-state index contributed by atoms with van der Waals surface area (Å²) < 4.78 is 43.9. The predicted molar refractivity (Wildman–Crippen MR) is 92.9 cm³/mol. The molecule has 0 spiro atoms. The number of halogens is 3. The van der Waals surface area contributed by atoms with Gasteiger partial charge in [0.1, 0.15) is 5.76 Å². The molecule has 2 aromatic rings. The molecular formula is C20H21F3N2O2. The third-order valence-corrected chi connectivity index (χ3v) is 5.36. The molecule has 0 radical (unpaired) electrons. The van der Waals surface area contributed by atoms with Crippen LogP contribution in [0.4, 0.5) is 13.2 Å². The van der Waals surface area contributed by atoms with E-state index >= 15 is 0 Å². The third-order valence-electron chi connectivity index (χ3n) is 5.36. The maximum absolute atomic E-state index is 12.8. The normalized spacial score (nSPS) is 23.4. The Hall–Kier alpha value is -2.28. The van der Waals surface area contributed by atoms with Crippen LogP contribution in [0.2, 0.25) is 0 Å². The van der Waals surface area contributed by atoms with Gasteiger partial charge in [0.2, 0.25) is 5.91 Å². The van der Waals surface area contributed by atoms with Crippen molar-refractivity contribution < 1.29 is 22.4 Å². The molecule has 0 N–H and O–H groups in total. The lowest BCUT2D eigenvalue weighted by molar-refractivity contribution is -0.138. The highest BCUT2D eigenvalue weighted by Crippen LogP contribution is 2.48. The second-order valence-electron chi connectivity index (χ2n) is 7.26. The summed E-state index contributed by atoms with van der Waals surface area (Å²) in [7, 11) is 0. The van der Waals surface area contributed by atoms with E-state index in [9.17, 15) is 18.0 Å². The molecule has 27 heavy (non-hydrogen) atoms. The standard InChI is InChI=1S/C20H21F3N2O2/c21-20(22,23)15-4-1-3-14(11-15)13-24-6-8-25(9-7-24)19(26)17-12-16(17)18-5-2-10-27-18/h1-5,10-11,16-17H,6-9,12-13H2. The van der Waals surface area contributed by atoms with E-state index in [2.05, 4.69) is 4.90 Å². The zero-order valence-corrected chi connectivity index (χ0v) is 14.8. The first-order valence-electron chi connectivity index (χ1n) is 9.12. The lowest BCUT2D eigenvalue weighted by atomic mass is 10.1. The van der Waals surface area contributed by atoms with Crippen LogP contribution in [-0.2, 0) is 17.5 Å². The van der Waals surface area contributed by atoms with Gasteiger partial charge in [-0.3, -0.25) is 9.69 Å². The van der Waals surface area contributed by atoms with Crippen molar-refractivity contribution in [3.63, 3.8) is 0 Å². The van der Waals surface area contributed by atoms with Crippen molar-refractivity contribution in [1.29, 1.82) is 0 Å². The van der Waals surface area contributed by atoms with Gasteiger partial charge in [0.15, 0.2) is 0 Å². The molecule has 2 fully saturated rings. The van der Waals surface area contributed by atoms with Crippen molar-refractivity contribution in [3.8, 4) is 0 Å². The molecule has 2 heterocycles. The van der Waals surface area contributed by atoms with Gasteiger partial charge in [0, 0.05) is 44.6 Å². The number of furan rings is 1. The first kappa shape index (κ1) is 18.1. The molecule has 2 aliphatic rings. The van der Waals surface area contributed by atoms with E-state index in [0.29, 0.717) is 38.3 Å². The molecule has 2 unspecified atom stereocenters. The van der Waals surface area contributed by atoms with Crippen molar-refractivity contribution in [2.24, 2.45) is 5.92 Å². The Morgan fingerprint density at radius 2 is 1.89 bits per heavy atom. The minimum Gasteiger partial charge on any atom is -0.469 e. The van der Waals surface area contributed by atoms with Crippen LogP contribution in [-0.4, -0.2) is 41.9 Å². The molecule has 1 saturated heterocycles. The number of benzene rings is 1. The van der Waals surface area contributed by atoms with Gasteiger partial charge in [-0.1, -0.05) is 18.2 Å². The second-order valence-corrected chi connectivity index (χ2v) is 7.26. The minimum absolute atomic E-state index is 0.00571. The van der Waals surface area contributed by atoms with Crippen LogP contribution in [0.5, 0.6) is 0 Å². The lowest BCUT2D eigenvalue weighted by Crippen LogP contribution is -2.48. The molecular weight excluding hydrogens is 357 g/mol. The summed E-state index contributed by atoms with van der Waals surface area (Å²) in [5.41, 5.74) is 0.0243. The fraction of sp³-hybridized carbons (Fsp3) is 0.450. The van der Waals surface area contributed by atoms with Gasteiger partial charge in [-0.25, -0.2) is 0 Å². The first-order valence-corrected chi connectivity index (χ1v) is 9.12. The van der Waals surface area contributed by atoms with Crippen LogP contribution < -0.4 is 0 Å². The Balaban J connectivity index is 1.29. The molecule has 1 aliphatic heterocycles. The quantitative estimate of drug-likeness (QED) is 0.813. The maximum Gasteiger partial charge on any atom is 0.416 e. The van der Waals surface area contributed by atoms with Crippen molar-refractivity contribution >= 4 is 5.91 Å². The molecule has 0 bridgehead atoms. The van der Waals surface area contributed by atoms with E-state index in [0.717, 1.165) is 18.2 Å². The number of nitrogens with zero attached hydrogens (tertiary/aromatic N) is 2. The Labute approximate surface area is 155 Å². The summed E-state index contributed by atoms with van der Waals surface area (Å²) in [6.45, 7) is 3.02. The minimum atomic E-state index is -4.32. The molecule has 2 atom stereocenters. The molecule has 1 aromatic carbocycles. The van der Waals surface area contributed by atoms with Crippen LogP contribution in [0.1, 0.15) is 29.2 Å². The van der Waals surface area contributed by atoms with E-state index in [4.69, 9.17) is 4.42 Å². The molecule has 4 nitrogen and oxygen atoms in total. The van der Waals surface area contributed by atoms with Crippen LogP contribution in [0.25, 0.3) is 0 Å². The predicted octanol–water partition coefficient (Wildman–Crippen LogP) is 3.75. The molecule has 1 aromatic heterocycles. The van der Waals surface area contributed by atoms with Crippen LogP contribution in [0.3, 0.4) is 0 Å². The van der Waals surface area contributed by atoms with Crippen LogP contribution >= 0.6 is 0 Å². The van der Waals surface area contributed by atoms with Gasteiger partial charge in [-0.05, 0) is 30.2 Å². The highest BCUT2D eigenvalue weighted by atomic mass is 19.4. The summed E-state index contributed by atoms with van der Waals surface area (Å²) in [4.78, 5) is 16.6. The Morgan fingerprint density at radius 1 is 1.11 bits per heavy atom. The molecule has 144 valence electrons. The Morgan fingerprint density at radius 3 is 2.56 bits per heavy atom. The molecule has 1 saturated carbocycles. The third kappa shape index (κ3) is 4.03. The summed E-state index contributed by atoms with van der Waals surface area (Å²) in [5, 5.41) is 0. The van der Waals surface area contributed by atoms with Crippen molar-refractivity contribution in [1.82, 2.24) is 9.80 Å². The smallest absolute Gasteiger partial charge is 0.416 e. The Bertz CT molecular complexity index is 796. The van der Waals surface area contributed by atoms with E-state index < -0.39 is 11.7 Å². The number of alkyl halides is 3. The van der Waals surface area contributed by atoms with E-state index in [1.165, 1.54) is 12.1 Å². The van der Waals surface area contributed by atoms with Gasteiger partial charge in [-0.2, -0.15) is 13.2 Å². The zero-order chi connectivity index (χ0) is 19.0. The van der Waals surface area contributed by atoms with Gasteiger partial charge in [-0.15, -0.1) is 0 Å². The number of carbonyl (C=O) groups is 1. The van der Waals surface area contributed by atoms with Crippen molar-refractivity contribution in [2.75, 3.05) is 26.2 Å². The van der Waals surface area contributed by atoms with Crippen LogP contribution in [0, 0.1) is 5.92 Å². The average molecular weight is 378 g/mol. The average Bonchev–Trinajstić information content (AvgIpc) is 3.26. The van der Waals surface area contributed by atoms with Gasteiger partial charge >= 0.3 is 6.18 Å². The molecule has 7 heteroatoms. The fourth-order valence-electron chi connectivity index (χ4n) is 3.75. The van der Waals surface area contributed by atoms with E-state index in [1.807, 2.05) is 17.0 Å². The highest BCUT2D eigenvalue weighted by molar-refractivity contribution is 5.83. The van der Waals surface area contributed by atoms with E-state index in [-0.39, 0.29) is 17.7 Å². The number of hydrogen-bond acceptors (Lipinski definition) is 3. The maximum atomic E-state index is 12.8. The lowest BCUT2D eigenvalue weighted by Gasteiger charge is -2.35. The summed E-state index contributed by atoms with van der Waals surface area (Å²) in [6, 6.07) is 9.19. The second kappa shape index (κ2) is 7.03. The monoisotopic (exact) mass is 378 g/mol. The number of rotatable bonds is 4. The summed E-state index contributed by atoms with van der Waals surface area (Å²) in [6.07, 6.45) is -1.87.